The second-order valence-corrected chi connectivity index (χ2v) is 3.93. The first-order valence-corrected chi connectivity index (χ1v) is 5.78. The van der Waals surface area contributed by atoms with Gasteiger partial charge in [0.05, 0.1) is 5.69 Å². The molecule has 0 N–H and O–H groups in total. The summed E-state index contributed by atoms with van der Waals surface area (Å²) in [4.78, 5) is 8.60. The molecule has 2 aromatic carbocycles. The van der Waals surface area contributed by atoms with Crippen LogP contribution in [0.4, 0.5) is 0 Å². The van der Waals surface area contributed by atoms with Crippen LogP contribution in [0.15, 0.2) is 67.0 Å². The maximum absolute atomic E-state index is 4.31. The van der Waals surface area contributed by atoms with Crippen molar-refractivity contribution in [1.29, 1.82) is 0 Å². The zero-order chi connectivity index (χ0) is 12.2. The fraction of sp³-hybridized carbons (Fsp3) is 0. The second kappa shape index (κ2) is 4.80. The van der Waals surface area contributed by atoms with Crippen LogP contribution in [0, 0.1) is 6.07 Å². The molecule has 0 radical (unpaired) electrons. The Morgan fingerprint density at radius 1 is 0.778 bits per heavy atom. The Kier molecular flexibility index (Phi) is 2.84. The van der Waals surface area contributed by atoms with Crippen LogP contribution in [0.1, 0.15) is 0 Å². The Morgan fingerprint density at radius 2 is 1.56 bits per heavy atom. The lowest BCUT2D eigenvalue weighted by Gasteiger charge is -2.09. The summed E-state index contributed by atoms with van der Waals surface area (Å²) in [6, 6.07) is 23.1. The van der Waals surface area contributed by atoms with Crippen LogP contribution < -0.4 is 0 Å². The molecule has 1 aromatic heterocycles. The summed E-state index contributed by atoms with van der Waals surface area (Å²) >= 11 is 0. The molecule has 2 heteroatoms. The molecule has 0 saturated heterocycles. The van der Waals surface area contributed by atoms with Crippen molar-refractivity contribution < 1.29 is 0 Å². The third-order valence-electron chi connectivity index (χ3n) is 2.72. The van der Waals surface area contributed by atoms with E-state index in [4.69, 9.17) is 0 Å². The molecule has 0 unspecified atom stereocenters. The van der Waals surface area contributed by atoms with Gasteiger partial charge in [0.1, 0.15) is 6.33 Å². The van der Waals surface area contributed by atoms with E-state index >= 15 is 0 Å². The summed E-state index contributed by atoms with van der Waals surface area (Å²) in [5.41, 5.74) is 3.90. The lowest BCUT2D eigenvalue weighted by molar-refractivity contribution is 1.18. The van der Waals surface area contributed by atoms with E-state index in [2.05, 4.69) is 16.0 Å². The van der Waals surface area contributed by atoms with Gasteiger partial charge in [0.15, 0.2) is 0 Å². The summed E-state index contributed by atoms with van der Waals surface area (Å²) in [6.07, 6.45) is 1.60. The lowest BCUT2D eigenvalue weighted by atomic mass is 10.1. The van der Waals surface area contributed by atoms with Gasteiger partial charge in [-0.15, -0.1) is 35.9 Å². The van der Waals surface area contributed by atoms with Crippen LogP contribution >= 0.6 is 0 Å². The smallest absolute Gasteiger partial charge is 0.106 e. The molecule has 0 bridgehead atoms. The average Bonchev–Trinajstić information content (AvgIpc) is 2.49. The molecule has 0 spiro atoms. The van der Waals surface area contributed by atoms with Gasteiger partial charge >= 0.3 is 0 Å². The van der Waals surface area contributed by atoms with Crippen molar-refractivity contribution in [3.05, 3.63) is 73.1 Å². The second-order valence-electron chi connectivity index (χ2n) is 3.93. The summed E-state index contributed by atoms with van der Waals surface area (Å²) in [5, 5.41) is 0. The van der Waals surface area contributed by atoms with Crippen molar-refractivity contribution >= 4 is 0 Å². The van der Waals surface area contributed by atoms with Gasteiger partial charge in [-0.25, -0.2) is 4.98 Å². The monoisotopic (exact) mass is 231 g/mol. The third kappa shape index (κ3) is 2.13. The molecule has 3 aromatic rings. The topological polar surface area (TPSA) is 25.8 Å². The van der Waals surface area contributed by atoms with Crippen molar-refractivity contribution in [3.8, 4) is 22.5 Å². The van der Waals surface area contributed by atoms with Crippen molar-refractivity contribution in [2.75, 3.05) is 0 Å². The minimum Gasteiger partial charge on any atom is -0.286 e. The van der Waals surface area contributed by atoms with Gasteiger partial charge in [-0.2, -0.15) is 0 Å². The van der Waals surface area contributed by atoms with Gasteiger partial charge < -0.3 is 0 Å². The highest BCUT2D eigenvalue weighted by Crippen LogP contribution is 2.21. The molecule has 0 saturated carbocycles. The van der Waals surface area contributed by atoms with E-state index in [1.807, 2.05) is 60.7 Å². The van der Waals surface area contributed by atoms with E-state index in [0.29, 0.717) is 0 Å². The number of aromatic nitrogens is 2. The van der Waals surface area contributed by atoms with E-state index in [9.17, 15) is 0 Å². The van der Waals surface area contributed by atoms with Crippen LogP contribution in [0.3, 0.4) is 0 Å². The lowest BCUT2D eigenvalue weighted by Crippen LogP contribution is -1.88. The average molecular weight is 231 g/mol. The highest BCUT2D eigenvalue weighted by molar-refractivity contribution is 5.66. The van der Waals surface area contributed by atoms with E-state index < -0.39 is 0 Å². The van der Waals surface area contributed by atoms with Crippen molar-refractivity contribution in [1.82, 2.24) is 9.97 Å². The molecule has 0 aliphatic rings. The summed E-state index contributed by atoms with van der Waals surface area (Å²) in [5.74, 6) is 0. The standard InChI is InChI=1S/C16H11N2/c1-3-7-13(8-4-1)15-11-16(18-12-17-15)14-9-5-2-6-10-14/h1-9,11-12H/q-1. The molecule has 1 heterocycles. The number of benzene rings is 2. The minimum atomic E-state index is 0.893. The first kappa shape index (κ1) is 10.7. The summed E-state index contributed by atoms with van der Waals surface area (Å²) in [6.45, 7) is 0. The van der Waals surface area contributed by atoms with Gasteiger partial charge in [-0.1, -0.05) is 36.4 Å². The Balaban J connectivity index is 2.05. The molecule has 2 nitrogen and oxygen atoms in total. The minimum absolute atomic E-state index is 0.893. The van der Waals surface area contributed by atoms with Crippen molar-refractivity contribution in [3.63, 3.8) is 0 Å². The fourth-order valence-electron chi connectivity index (χ4n) is 1.82. The summed E-state index contributed by atoms with van der Waals surface area (Å²) in [7, 11) is 0. The van der Waals surface area contributed by atoms with Gasteiger partial charge in [0.25, 0.3) is 0 Å². The number of hydrogen-bond donors (Lipinski definition) is 0. The van der Waals surface area contributed by atoms with Gasteiger partial charge in [0, 0.05) is 0 Å². The summed E-state index contributed by atoms with van der Waals surface area (Å²) < 4.78 is 0. The van der Waals surface area contributed by atoms with Gasteiger partial charge in [0.2, 0.25) is 0 Å². The normalized spacial score (nSPS) is 10.2. The maximum atomic E-state index is 4.31. The van der Waals surface area contributed by atoms with E-state index in [1.54, 1.807) is 6.33 Å². The molecular weight excluding hydrogens is 220 g/mol. The molecule has 0 amide bonds. The highest BCUT2D eigenvalue weighted by atomic mass is 14.8. The van der Waals surface area contributed by atoms with Gasteiger partial charge in [-0.3, -0.25) is 4.98 Å². The molecule has 0 atom stereocenters. The third-order valence-corrected chi connectivity index (χ3v) is 2.72. The first-order valence-electron chi connectivity index (χ1n) is 5.78. The van der Waals surface area contributed by atoms with Crippen LogP contribution in [-0.4, -0.2) is 9.97 Å². The predicted molar refractivity (Wildman–Crippen MR) is 71.7 cm³/mol. The Hall–Kier alpha value is -2.48. The molecule has 86 valence electrons. The van der Waals surface area contributed by atoms with Crippen molar-refractivity contribution in [2.24, 2.45) is 0 Å². The molecule has 18 heavy (non-hydrogen) atoms. The van der Waals surface area contributed by atoms with Gasteiger partial charge in [-0.05, 0) is 11.3 Å². The number of rotatable bonds is 2. The quantitative estimate of drug-likeness (QED) is 0.630. The maximum Gasteiger partial charge on any atom is 0.106 e. The Bertz CT molecular complexity index is 579. The van der Waals surface area contributed by atoms with Crippen LogP contribution in [0.25, 0.3) is 22.5 Å². The highest BCUT2D eigenvalue weighted by Gasteiger charge is 1.98. The zero-order valence-corrected chi connectivity index (χ0v) is 9.75. The molecular formula is C16H11N2-. The molecule has 0 fully saturated rings. The Labute approximate surface area is 106 Å². The van der Waals surface area contributed by atoms with Crippen LogP contribution in [-0.2, 0) is 0 Å². The predicted octanol–water partition coefficient (Wildman–Crippen LogP) is 3.61. The van der Waals surface area contributed by atoms with E-state index in [0.717, 1.165) is 22.5 Å². The molecule has 0 aliphatic carbocycles. The van der Waals surface area contributed by atoms with Crippen LogP contribution in [0.5, 0.6) is 0 Å². The van der Waals surface area contributed by atoms with E-state index in [-0.39, 0.29) is 0 Å². The number of hydrogen-bond acceptors (Lipinski definition) is 2. The van der Waals surface area contributed by atoms with Crippen LogP contribution in [0.2, 0.25) is 0 Å². The fourth-order valence-corrected chi connectivity index (χ4v) is 1.82. The first-order chi connectivity index (χ1) is 8.93. The number of nitrogens with zero attached hydrogens (tertiary/aromatic N) is 2. The largest absolute Gasteiger partial charge is 0.286 e. The van der Waals surface area contributed by atoms with Crippen molar-refractivity contribution in [2.45, 2.75) is 0 Å². The zero-order valence-electron chi connectivity index (χ0n) is 9.75. The molecule has 0 aliphatic heterocycles. The Morgan fingerprint density at radius 3 is 2.33 bits per heavy atom. The SMILES string of the molecule is [c-]1ccccc1-c1cc(-c2ccccc2)ncn1. The molecule has 3 rings (SSSR count). The van der Waals surface area contributed by atoms with E-state index in [1.165, 1.54) is 0 Å².